The predicted octanol–water partition coefficient (Wildman–Crippen LogP) is 2.02. The molecule has 1 aromatic rings. The zero-order valence-electron chi connectivity index (χ0n) is 11.5. The third-order valence-corrected chi connectivity index (χ3v) is 3.44. The molecule has 4 nitrogen and oxygen atoms in total. The van der Waals surface area contributed by atoms with Gasteiger partial charge in [0.15, 0.2) is 0 Å². The predicted molar refractivity (Wildman–Crippen MR) is 69.7 cm³/mol. The first kappa shape index (κ1) is 14.2. The number of hydrogen-bond donors (Lipinski definition) is 1. The number of nitrogens with two attached hydrogens (primary N) is 1. The number of aromatic nitrogens is 2. The van der Waals surface area contributed by atoms with Crippen molar-refractivity contribution >= 4 is 0 Å². The van der Waals surface area contributed by atoms with Gasteiger partial charge in [-0.3, -0.25) is 4.68 Å². The molecule has 0 unspecified atom stereocenters. The highest BCUT2D eigenvalue weighted by Gasteiger charge is 2.20. The quantitative estimate of drug-likeness (QED) is 0.792. The van der Waals surface area contributed by atoms with Gasteiger partial charge in [-0.1, -0.05) is 20.8 Å². The first-order valence-corrected chi connectivity index (χ1v) is 6.43. The minimum Gasteiger partial charge on any atom is -0.373 e. The molecule has 0 aliphatic carbocycles. The minimum absolute atomic E-state index is 0.188. The van der Waals surface area contributed by atoms with E-state index in [1.54, 1.807) is 0 Å². The summed E-state index contributed by atoms with van der Waals surface area (Å²) in [7, 11) is 1.95. The van der Waals surface area contributed by atoms with Crippen LogP contribution in [0.3, 0.4) is 0 Å². The molecule has 17 heavy (non-hydrogen) atoms. The Morgan fingerprint density at radius 2 is 2.00 bits per heavy atom. The van der Waals surface area contributed by atoms with Gasteiger partial charge in [0.1, 0.15) is 0 Å². The van der Waals surface area contributed by atoms with Crippen molar-refractivity contribution in [3.63, 3.8) is 0 Å². The zero-order chi connectivity index (χ0) is 12.9. The van der Waals surface area contributed by atoms with Gasteiger partial charge >= 0.3 is 0 Å². The Morgan fingerprint density at radius 1 is 1.35 bits per heavy atom. The second-order valence-electron chi connectivity index (χ2n) is 4.67. The molecule has 1 aromatic heterocycles. The van der Waals surface area contributed by atoms with Crippen LogP contribution in [0.1, 0.15) is 45.0 Å². The first-order chi connectivity index (χ1) is 8.04. The van der Waals surface area contributed by atoms with E-state index in [1.807, 2.05) is 11.7 Å². The lowest BCUT2D eigenvalue weighted by molar-refractivity contribution is 0.0660. The van der Waals surface area contributed by atoms with Gasteiger partial charge < -0.3 is 10.5 Å². The molecule has 0 radical (unpaired) electrons. The Bertz CT molecular complexity index is 342. The molecule has 0 amide bonds. The molecule has 2 N–H and O–H groups in total. The number of hydrogen-bond acceptors (Lipinski definition) is 3. The van der Waals surface area contributed by atoms with Crippen molar-refractivity contribution in [1.82, 2.24) is 9.78 Å². The SMILES string of the molecule is CCc1cc(COCC(N)(CC)CC)n(C)n1. The maximum atomic E-state index is 6.18. The fourth-order valence-corrected chi connectivity index (χ4v) is 1.69. The molecule has 0 saturated carbocycles. The van der Waals surface area contributed by atoms with Gasteiger partial charge in [-0.05, 0) is 25.3 Å². The third-order valence-electron chi connectivity index (χ3n) is 3.44. The van der Waals surface area contributed by atoms with Crippen molar-refractivity contribution in [3.05, 3.63) is 17.5 Å². The van der Waals surface area contributed by atoms with Crippen LogP contribution in [0.5, 0.6) is 0 Å². The molecule has 0 spiro atoms. The fourth-order valence-electron chi connectivity index (χ4n) is 1.69. The average molecular weight is 239 g/mol. The topological polar surface area (TPSA) is 53.1 Å². The van der Waals surface area contributed by atoms with Gasteiger partial charge in [-0.2, -0.15) is 5.10 Å². The first-order valence-electron chi connectivity index (χ1n) is 6.43. The van der Waals surface area contributed by atoms with E-state index in [0.29, 0.717) is 13.2 Å². The molecule has 0 aromatic carbocycles. The minimum atomic E-state index is -0.188. The highest BCUT2D eigenvalue weighted by atomic mass is 16.5. The van der Waals surface area contributed by atoms with Crippen LogP contribution in [0.4, 0.5) is 0 Å². The van der Waals surface area contributed by atoms with E-state index in [1.165, 1.54) is 0 Å². The highest BCUT2D eigenvalue weighted by Crippen LogP contribution is 2.13. The van der Waals surface area contributed by atoms with Gasteiger partial charge in [-0.25, -0.2) is 0 Å². The zero-order valence-corrected chi connectivity index (χ0v) is 11.5. The van der Waals surface area contributed by atoms with E-state index >= 15 is 0 Å². The maximum absolute atomic E-state index is 6.18. The van der Waals surface area contributed by atoms with E-state index in [0.717, 1.165) is 30.7 Å². The fraction of sp³-hybridized carbons (Fsp3) is 0.769. The van der Waals surface area contributed by atoms with Crippen LogP contribution >= 0.6 is 0 Å². The number of ether oxygens (including phenoxy) is 1. The Labute approximate surface area is 104 Å². The normalized spacial score (nSPS) is 12.1. The Morgan fingerprint density at radius 3 is 2.47 bits per heavy atom. The molecule has 0 aliphatic heterocycles. The summed E-state index contributed by atoms with van der Waals surface area (Å²) in [6, 6.07) is 2.09. The molecule has 0 aliphatic rings. The summed E-state index contributed by atoms with van der Waals surface area (Å²) < 4.78 is 7.60. The van der Waals surface area contributed by atoms with Crippen LogP contribution in [0, 0.1) is 0 Å². The van der Waals surface area contributed by atoms with Crippen LogP contribution < -0.4 is 5.73 Å². The lowest BCUT2D eigenvalue weighted by atomic mass is 9.96. The summed E-state index contributed by atoms with van der Waals surface area (Å²) in [4.78, 5) is 0. The van der Waals surface area contributed by atoms with E-state index in [9.17, 15) is 0 Å². The van der Waals surface area contributed by atoms with E-state index < -0.39 is 0 Å². The lowest BCUT2D eigenvalue weighted by Crippen LogP contribution is -2.43. The van der Waals surface area contributed by atoms with Crippen LogP contribution in [0.25, 0.3) is 0 Å². The summed E-state index contributed by atoms with van der Waals surface area (Å²) in [6.45, 7) is 7.50. The van der Waals surface area contributed by atoms with Crippen LogP contribution in [-0.4, -0.2) is 21.9 Å². The Balaban J connectivity index is 2.47. The van der Waals surface area contributed by atoms with Crippen molar-refractivity contribution < 1.29 is 4.74 Å². The second kappa shape index (κ2) is 6.17. The van der Waals surface area contributed by atoms with Crippen molar-refractivity contribution in [2.45, 2.75) is 52.2 Å². The summed E-state index contributed by atoms with van der Waals surface area (Å²) >= 11 is 0. The molecule has 0 saturated heterocycles. The van der Waals surface area contributed by atoms with Gasteiger partial charge in [0.25, 0.3) is 0 Å². The summed E-state index contributed by atoms with van der Waals surface area (Å²) in [5.74, 6) is 0. The maximum Gasteiger partial charge on any atom is 0.0885 e. The largest absolute Gasteiger partial charge is 0.373 e. The van der Waals surface area contributed by atoms with Crippen LogP contribution in [-0.2, 0) is 24.8 Å². The van der Waals surface area contributed by atoms with Crippen LogP contribution in [0.2, 0.25) is 0 Å². The molecule has 98 valence electrons. The van der Waals surface area contributed by atoms with Crippen molar-refractivity contribution in [1.29, 1.82) is 0 Å². The van der Waals surface area contributed by atoms with Crippen molar-refractivity contribution in [3.8, 4) is 0 Å². The lowest BCUT2D eigenvalue weighted by Gasteiger charge is -2.26. The Kier molecular flexibility index (Phi) is 5.15. The summed E-state index contributed by atoms with van der Waals surface area (Å²) in [5.41, 5.74) is 8.21. The third kappa shape index (κ3) is 3.82. The Hall–Kier alpha value is -0.870. The number of nitrogens with zero attached hydrogens (tertiary/aromatic N) is 2. The van der Waals surface area contributed by atoms with Crippen LogP contribution in [0.15, 0.2) is 6.07 Å². The van der Waals surface area contributed by atoms with E-state index in [4.69, 9.17) is 10.5 Å². The molecule has 1 heterocycles. The standard InChI is InChI=1S/C13H25N3O/c1-5-11-8-12(16(4)15-11)9-17-10-13(14,6-2)7-3/h8H,5-7,9-10,14H2,1-4H3. The summed E-state index contributed by atoms with van der Waals surface area (Å²) in [6.07, 6.45) is 2.84. The molecule has 0 fully saturated rings. The van der Waals surface area contributed by atoms with Crippen molar-refractivity contribution in [2.24, 2.45) is 12.8 Å². The highest BCUT2D eigenvalue weighted by molar-refractivity contribution is 5.09. The molecule has 0 atom stereocenters. The molecular formula is C13H25N3O. The van der Waals surface area contributed by atoms with E-state index in [2.05, 4.69) is 31.9 Å². The molecular weight excluding hydrogens is 214 g/mol. The van der Waals surface area contributed by atoms with Gasteiger partial charge in [0.2, 0.25) is 0 Å². The molecule has 4 heteroatoms. The molecule has 0 bridgehead atoms. The average Bonchev–Trinajstić information content (AvgIpc) is 2.70. The summed E-state index contributed by atoms with van der Waals surface area (Å²) in [5, 5.41) is 4.39. The van der Waals surface area contributed by atoms with E-state index in [-0.39, 0.29) is 5.54 Å². The number of aryl methyl sites for hydroxylation is 2. The van der Waals surface area contributed by atoms with Gasteiger partial charge in [-0.15, -0.1) is 0 Å². The van der Waals surface area contributed by atoms with Gasteiger partial charge in [0, 0.05) is 12.6 Å². The van der Waals surface area contributed by atoms with Gasteiger partial charge in [0.05, 0.1) is 24.6 Å². The monoisotopic (exact) mass is 239 g/mol. The number of rotatable bonds is 7. The smallest absolute Gasteiger partial charge is 0.0885 e. The second-order valence-corrected chi connectivity index (χ2v) is 4.67. The molecule has 1 rings (SSSR count). The van der Waals surface area contributed by atoms with Crippen molar-refractivity contribution in [2.75, 3.05) is 6.61 Å².